The second kappa shape index (κ2) is 12.6. The van der Waals surface area contributed by atoms with Crippen molar-refractivity contribution in [3.05, 3.63) is 107 Å². The Balaban J connectivity index is 1.38. The Morgan fingerprint density at radius 1 is 0.951 bits per heavy atom. The van der Waals surface area contributed by atoms with Gasteiger partial charge in [-0.25, -0.2) is 4.68 Å². The van der Waals surface area contributed by atoms with Gasteiger partial charge in [0.2, 0.25) is 5.91 Å². The van der Waals surface area contributed by atoms with Crippen LogP contribution in [-0.2, 0) is 24.1 Å². The van der Waals surface area contributed by atoms with Crippen LogP contribution >= 0.6 is 0 Å². The Labute approximate surface area is 235 Å². The molecule has 3 N–H and O–H groups in total. The van der Waals surface area contributed by atoms with Crippen molar-refractivity contribution in [2.45, 2.75) is 46.0 Å². The number of Topliss-reactive ketones (excluding diaryl/α,β-unsaturated/α-hetero) is 1. The van der Waals surface area contributed by atoms with Gasteiger partial charge in [-0.3, -0.25) is 14.6 Å². The molecule has 0 radical (unpaired) electrons. The van der Waals surface area contributed by atoms with Crippen LogP contribution in [0.25, 0.3) is 16.9 Å². The fourth-order valence-corrected chi connectivity index (χ4v) is 4.15. The van der Waals surface area contributed by atoms with E-state index in [1.165, 1.54) is 16.8 Å². The predicted octanol–water partition coefficient (Wildman–Crippen LogP) is 6.02. The maximum Gasteiger partial charge on any atom is 0.435 e. The van der Waals surface area contributed by atoms with E-state index in [2.05, 4.69) is 15.4 Å². The average molecular weight is 562 g/mol. The van der Waals surface area contributed by atoms with Gasteiger partial charge in [0, 0.05) is 30.5 Å². The van der Waals surface area contributed by atoms with Crippen LogP contribution in [0.1, 0.15) is 52.5 Å². The largest absolute Gasteiger partial charge is 0.435 e. The number of halogens is 3. The van der Waals surface area contributed by atoms with Gasteiger partial charge in [-0.15, -0.1) is 0 Å². The highest BCUT2D eigenvalue weighted by molar-refractivity contribution is 5.98. The molecule has 0 atom stereocenters. The van der Waals surface area contributed by atoms with Crippen molar-refractivity contribution in [2.24, 2.45) is 10.7 Å². The van der Waals surface area contributed by atoms with Gasteiger partial charge >= 0.3 is 6.18 Å². The summed E-state index contributed by atoms with van der Waals surface area (Å²) in [7, 11) is 0. The van der Waals surface area contributed by atoms with Crippen molar-refractivity contribution < 1.29 is 22.8 Å². The molecule has 0 saturated carbocycles. The number of rotatable bonds is 10. The van der Waals surface area contributed by atoms with Crippen molar-refractivity contribution in [1.29, 1.82) is 0 Å². The number of amidine groups is 1. The maximum atomic E-state index is 13.5. The molecule has 0 spiro atoms. The minimum absolute atomic E-state index is 0.00259. The Morgan fingerprint density at radius 3 is 2.29 bits per heavy atom. The number of nitrogens with two attached hydrogens (primary N) is 1. The fourth-order valence-electron chi connectivity index (χ4n) is 4.15. The summed E-state index contributed by atoms with van der Waals surface area (Å²) in [4.78, 5) is 29.3. The number of carbonyl (C=O) groups is 2. The second-order valence-electron chi connectivity index (χ2n) is 9.71. The molecule has 4 aromatic rings. The summed E-state index contributed by atoms with van der Waals surface area (Å²) in [5.41, 5.74) is 9.01. The van der Waals surface area contributed by atoms with Crippen molar-refractivity contribution in [2.75, 3.05) is 0 Å². The van der Waals surface area contributed by atoms with Crippen LogP contribution in [0.4, 0.5) is 13.2 Å². The normalized spacial score (nSPS) is 11.9. The lowest BCUT2D eigenvalue weighted by molar-refractivity contribution is -0.141. The SMILES string of the molecule is CC(N)=NCc1cccc(CNC(=O)CCC(=O)c2ccc(-n3nc(C(F)(F)F)cc3-c3ccc(C)cc3)cc2)c1. The molecule has 0 saturated heterocycles. The quantitative estimate of drug-likeness (QED) is 0.140. The van der Waals surface area contributed by atoms with Gasteiger partial charge in [0.15, 0.2) is 11.5 Å². The molecule has 3 aromatic carbocycles. The van der Waals surface area contributed by atoms with Gasteiger partial charge in [0.05, 0.1) is 23.8 Å². The van der Waals surface area contributed by atoms with Gasteiger partial charge in [-0.05, 0) is 55.3 Å². The molecule has 0 fully saturated rings. The van der Waals surface area contributed by atoms with Crippen LogP contribution in [-0.4, -0.2) is 27.3 Å². The third-order valence-electron chi connectivity index (χ3n) is 6.35. The van der Waals surface area contributed by atoms with E-state index in [4.69, 9.17) is 5.73 Å². The van der Waals surface area contributed by atoms with Crippen LogP contribution < -0.4 is 11.1 Å². The molecule has 0 aliphatic heterocycles. The molecule has 0 unspecified atom stereocenters. The highest BCUT2D eigenvalue weighted by Gasteiger charge is 2.35. The third kappa shape index (κ3) is 7.91. The predicted molar refractivity (Wildman–Crippen MR) is 152 cm³/mol. The highest BCUT2D eigenvalue weighted by Crippen LogP contribution is 2.33. The molecule has 1 aromatic heterocycles. The molecule has 0 aliphatic carbocycles. The third-order valence-corrected chi connectivity index (χ3v) is 6.35. The van der Waals surface area contributed by atoms with E-state index in [1.54, 1.807) is 31.2 Å². The number of benzene rings is 3. The monoisotopic (exact) mass is 561 g/mol. The molecule has 7 nitrogen and oxygen atoms in total. The van der Waals surface area contributed by atoms with Gasteiger partial charge in [-0.2, -0.15) is 18.3 Å². The van der Waals surface area contributed by atoms with E-state index in [-0.39, 0.29) is 30.2 Å². The van der Waals surface area contributed by atoms with E-state index in [0.29, 0.717) is 35.7 Å². The standard InChI is InChI=1S/C31H30F3N5O2/c1-20-6-8-24(9-7-20)27-17-29(31(32,33)34)38-39(27)26-12-10-25(11-13-26)28(40)14-15-30(41)37-19-23-5-3-4-22(16-23)18-36-21(2)35/h3-13,16-17H,14-15,18-19H2,1-2H3,(H2,35,36)(H,37,41). The molecule has 212 valence electrons. The summed E-state index contributed by atoms with van der Waals surface area (Å²) >= 11 is 0. The topological polar surface area (TPSA) is 102 Å². The average Bonchev–Trinajstić information content (AvgIpc) is 3.41. The Morgan fingerprint density at radius 2 is 1.63 bits per heavy atom. The minimum atomic E-state index is -4.61. The lowest BCUT2D eigenvalue weighted by atomic mass is 10.1. The first kappa shape index (κ1) is 29.3. The number of aliphatic imine (C=N–C) groups is 1. The maximum absolute atomic E-state index is 13.5. The number of aryl methyl sites for hydroxylation is 1. The summed E-state index contributed by atoms with van der Waals surface area (Å²) in [6, 6.07) is 21.9. The van der Waals surface area contributed by atoms with E-state index < -0.39 is 11.9 Å². The summed E-state index contributed by atoms with van der Waals surface area (Å²) in [6.45, 7) is 4.37. The number of ketones is 1. The molecule has 1 amide bonds. The first-order chi connectivity index (χ1) is 19.5. The molecule has 0 bridgehead atoms. The van der Waals surface area contributed by atoms with E-state index in [0.717, 1.165) is 22.8 Å². The summed E-state index contributed by atoms with van der Waals surface area (Å²) < 4.78 is 41.6. The first-order valence-electron chi connectivity index (χ1n) is 13.0. The van der Waals surface area contributed by atoms with Crippen LogP contribution in [0.2, 0.25) is 0 Å². The number of hydrogen-bond acceptors (Lipinski definition) is 4. The Kier molecular flexibility index (Phi) is 9.01. The number of aromatic nitrogens is 2. The molecular weight excluding hydrogens is 531 g/mol. The van der Waals surface area contributed by atoms with E-state index >= 15 is 0 Å². The van der Waals surface area contributed by atoms with Crippen LogP contribution in [0.15, 0.2) is 83.9 Å². The van der Waals surface area contributed by atoms with Crippen molar-refractivity contribution in [1.82, 2.24) is 15.1 Å². The summed E-state index contributed by atoms with van der Waals surface area (Å²) in [5.74, 6) is -0.0268. The van der Waals surface area contributed by atoms with Crippen LogP contribution in [0.3, 0.4) is 0 Å². The molecule has 41 heavy (non-hydrogen) atoms. The number of nitrogens with zero attached hydrogens (tertiary/aromatic N) is 3. The van der Waals surface area contributed by atoms with Crippen molar-refractivity contribution in [3.8, 4) is 16.9 Å². The van der Waals surface area contributed by atoms with E-state index in [1.807, 2.05) is 43.3 Å². The lowest BCUT2D eigenvalue weighted by Crippen LogP contribution is -2.23. The Hall–Kier alpha value is -4.73. The molecule has 10 heteroatoms. The molecule has 4 rings (SSSR count). The number of alkyl halides is 3. The summed E-state index contributed by atoms with van der Waals surface area (Å²) in [6.07, 6.45) is -4.62. The number of amides is 1. The van der Waals surface area contributed by atoms with Gasteiger partial charge in [-0.1, -0.05) is 54.1 Å². The fraction of sp³-hybridized carbons (Fsp3) is 0.226. The smallest absolute Gasteiger partial charge is 0.388 e. The molecular formula is C31H30F3N5O2. The Bertz CT molecular complexity index is 1550. The second-order valence-corrected chi connectivity index (χ2v) is 9.71. The van der Waals surface area contributed by atoms with Gasteiger partial charge in [0.1, 0.15) is 0 Å². The van der Waals surface area contributed by atoms with Crippen molar-refractivity contribution in [3.63, 3.8) is 0 Å². The van der Waals surface area contributed by atoms with Crippen molar-refractivity contribution >= 4 is 17.5 Å². The highest BCUT2D eigenvalue weighted by atomic mass is 19.4. The van der Waals surface area contributed by atoms with Gasteiger partial charge < -0.3 is 11.1 Å². The minimum Gasteiger partial charge on any atom is -0.388 e. The van der Waals surface area contributed by atoms with Crippen LogP contribution in [0.5, 0.6) is 0 Å². The zero-order valence-electron chi connectivity index (χ0n) is 22.7. The molecule has 0 aliphatic rings. The first-order valence-corrected chi connectivity index (χ1v) is 13.0. The zero-order chi connectivity index (χ0) is 29.6. The van der Waals surface area contributed by atoms with Crippen LogP contribution in [0, 0.1) is 6.92 Å². The lowest BCUT2D eigenvalue weighted by Gasteiger charge is -2.09. The summed E-state index contributed by atoms with van der Waals surface area (Å²) in [5, 5.41) is 6.61. The van der Waals surface area contributed by atoms with Gasteiger partial charge in [0.25, 0.3) is 0 Å². The zero-order valence-corrected chi connectivity index (χ0v) is 22.7. The molecule has 1 heterocycles. The number of nitrogens with one attached hydrogen (secondary N) is 1. The number of carbonyl (C=O) groups excluding carboxylic acids is 2. The van der Waals surface area contributed by atoms with E-state index in [9.17, 15) is 22.8 Å². The number of hydrogen-bond donors (Lipinski definition) is 2.